The van der Waals surface area contributed by atoms with Crippen molar-refractivity contribution in [3.05, 3.63) is 119 Å². The SMILES string of the molecule is C=C(C)C(=O)Oc1ccccc1/C=C/c1ccc(/C=C/c2ccccc2OC(=O)C(=C)C)c(F)c1F. The predicted molar refractivity (Wildman–Crippen MR) is 138 cm³/mol. The Labute approximate surface area is 208 Å². The first-order chi connectivity index (χ1) is 17.2. The molecule has 4 nitrogen and oxygen atoms in total. The number of rotatable bonds is 8. The number of hydrogen-bond donors (Lipinski definition) is 0. The maximum absolute atomic E-state index is 14.8. The molecule has 0 unspecified atom stereocenters. The molecule has 0 bridgehead atoms. The minimum atomic E-state index is -1.04. The Morgan fingerprint density at radius 2 is 0.944 bits per heavy atom. The monoisotopic (exact) mass is 486 g/mol. The molecule has 3 aromatic rings. The fourth-order valence-electron chi connectivity index (χ4n) is 2.99. The highest BCUT2D eigenvalue weighted by atomic mass is 19.2. The van der Waals surface area contributed by atoms with Crippen molar-refractivity contribution >= 4 is 36.2 Å². The van der Waals surface area contributed by atoms with Gasteiger partial charge in [0.1, 0.15) is 11.5 Å². The Morgan fingerprint density at radius 1 is 0.611 bits per heavy atom. The molecule has 0 aromatic heterocycles. The van der Waals surface area contributed by atoms with Crippen LogP contribution in [0.15, 0.2) is 85.0 Å². The van der Waals surface area contributed by atoms with Gasteiger partial charge < -0.3 is 9.47 Å². The Balaban J connectivity index is 1.84. The van der Waals surface area contributed by atoms with E-state index in [1.807, 2.05) is 0 Å². The zero-order chi connectivity index (χ0) is 26.2. The van der Waals surface area contributed by atoms with Gasteiger partial charge in [-0.05, 0) is 26.0 Å². The normalized spacial score (nSPS) is 11.0. The third-order valence-electron chi connectivity index (χ3n) is 4.97. The Morgan fingerprint density at radius 3 is 1.31 bits per heavy atom. The number of benzene rings is 3. The van der Waals surface area contributed by atoms with Gasteiger partial charge in [-0.1, -0.05) is 86.0 Å². The van der Waals surface area contributed by atoms with E-state index in [-0.39, 0.29) is 33.8 Å². The van der Waals surface area contributed by atoms with E-state index >= 15 is 0 Å². The average Bonchev–Trinajstić information content (AvgIpc) is 2.85. The lowest BCUT2D eigenvalue weighted by atomic mass is 10.1. The molecule has 6 heteroatoms. The summed E-state index contributed by atoms with van der Waals surface area (Å²) in [4.78, 5) is 23.7. The molecule has 0 atom stereocenters. The van der Waals surface area contributed by atoms with Crippen LogP contribution in [0, 0.1) is 11.6 Å². The second-order valence-electron chi connectivity index (χ2n) is 7.95. The van der Waals surface area contributed by atoms with E-state index < -0.39 is 23.6 Å². The van der Waals surface area contributed by atoms with Gasteiger partial charge in [0.05, 0.1) is 0 Å². The molecule has 0 saturated heterocycles. The average molecular weight is 487 g/mol. The highest BCUT2D eigenvalue weighted by molar-refractivity contribution is 5.90. The van der Waals surface area contributed by atoms with Crippen molar-refractivity contribution in [1.82, 2.24) is 0 Å². The molecule has 0 N–H and O–H groups in total. The summed E-state index contributed by atoms with van der Waals surface area (Å²) in [5, 5.41) is 0. The van der Waals surface area contributed by atoms with Crippen LogP contribution in [-0.4, -0.2) is 11.9 Å². The molecule has 3 aromatic carbocycles. The second-order valence-corrected chi connectivity index (χ2v) is 7.95. The summed E-state index contributed by atoms with van der Waals surface area (Å²) in [6.07, 6.45) is 5.85. The lowest BCUT2D eigenvalue weighted by molar-refractivity contribution is -0.130. The summed E-state index contributed by atoms with van der Waals surface area (Å²) >= 11 is 0. The summed E-state index contributed by atoms with van der Waals surface area (Å²) in [5.41, 5.74) is 1.53. The number of para-hydroxylation sites is 2. The number of carbonyl (C=O) groups is 2. The molecular weight excluding hydrogens is 462 g/mol. The van der Waals surface area contributed by atoms with E-state index in [4.69, 9.17) is 9.47 Å². The van der Waals surface area contributed by atoms with Crippen molar-refractivity contribution in [2.75, 3.05) is 0 Å². The number of hydrogen-bond acceptors (Lipinski definition) is 4. The molecule has 182 valence electrons. The first-order valence-electron chi connectivity index (χ1n) is 10.9. The van der Waals surface area contributed by atoms with Gasteiger partial charge >= 0.3 is 11.9 Å². The highest BCUT2D eigenvalue weighted by Gasteiger charge is 2.12. The van der Waals surface area contributed by atoms with Crippen molar-refractivity contribution < 1.29 is 27.8 Å². The van der Waals surface area contributed by atoms with E-state index in [0.29, 0.717) is 11.1 Å². The molecule has 0 spiro atoms. The third-order valence-corrected chi connectivity index (χ3v) is 4.97. The summed E-state index contributed by atoms with van der Waals surface area (Å²) in [5.74, 6) is -2.69. The van der Waals surface area contributed by atoms with Crippen molar-refractivity contribution in [2.24, 2.45) is 0 Å². The number of esters is 2. The lowest BCUT2D eigenvalue weighted by Crippen LogP contribution is -2.08. The molecule has 0 fully saturated rings. The van der Waals surface area contributed by atoms with E-state index in [0.717, 1.165) is 0 Å². The standard InChI is InChI=1S/C30H24F2O4/c1-19(2)29(33)35-25-11-7-5-9-21(25)13-15-23-17-18-24(28(32)27(23)31)16-14-22-10-6-8-12-26(22)36-30(34)20(3)4/h5-18H,1,3H2,2,4H3/b15-13+,16-14+. The Bertz CT molecular complexity index is 1290. The lowest BCUT2D eigenvalue weighted by Gasteiger charge is -2.08. The van der Waals surface area contributed by atoms with Crippen LogP contribution in [0.3, 0.4) is 0 Å². The van der Waals surface area contributed by atoms with Crippen molar-refractivity contribution in [3.8, 4) is 11.5 Å². The maximum atomic E-state index is 14.8. The summed E-state index contributed by atoms with van der Waals surface area (Å²) in [6, 6.07) is 16.3. The fraction of sp³-hybridized carbons (Fsp3) is 0.0667. The zero-order valence-electron chi connectivity index (χ0n) is 19.9. The minimum absolute atomic E-state index is 0.0152. The smallest absolute Gasteiger partial charge is 0.338 e. The quantitative estimate of drug-likeness (QED) is 0.145. The van der Waals surface area contributed by atoms with Crippen LogP contribution in [0.25, 0.3) is 24.3 Å². The molecule has 0 aliphatic carbocycles. The Kier molecular flexibility index (Phi) is 8.47. The predicted octanol–water partition coefficient (Wildman–Crippen LogP) is 7.27. The highest BCUT2D eigenvalue weighted by Crippen LogP contribution is 2.26. The van der Waals surface area contributed by atoms with Crippen molar-refractivity contribution in [2.45, 2.75) is 13.8 Å². The van der Waals surface area contributed by atoms with Gasteiger partial charge in [0, 0.05) is 33.4 Å². The molecule has 3 rings (SSSR count). The van der Waals surface area contributed by atoms with Crippen molar-refractivity contribution in [3.63, 3.8) is 0 Å². The van der Waals surface area contributed by atoms with Gasteiger partial charge in [-0.3, -0.25) is 0 Å². The van der Waals surface area contributed by atoms with Crippen LogP contribution in [0.2, 0.25) is 0 Å². The van der Waals surface area contributed by atoms with E-state index in [1.54, 1.807) is 48.5 Å². The van der Waals surface area contributed by atoms with Crippen LogP contribution in [0.4, 0.5) is 8.78 Å². The zero-order valence-corrected chi connectivity index (χ0v) is 19.9. The first-order valence-corrected chi connectivity index (χ1v) is 10.9. The van der Waals surface area contributed by atoms with Crippen LogP contribution < -0.4 is 9.47 Å². The third kappa shape index (κ3) is 6.51. The van der Waals surface area contributed by atoms with Crippen LogP contribution in [0.5, 0.6) is 11.5 Å². The molecular formula is C30H24F2O4. The van der Waals surface area contributed by atoms with Crippen LogP contribution in [-0.2, 0) is 9.59 Å². The molecule has 0 saturated carbocycles. The van der Waals surface area contributed by atoms with E-state index in [2.05, 4.69) is 13.2 Å². The largest absolute Gasteiger partial charge is 0.423 e. The van der Waals surface area contributed by atoms with E-state index in [1.165, 1.54) is 50.3 Å². The summed E-state index contributed by atoms with van der Waals surface area (Å²) < 4.78 is 40.2. The van der Waals surface area contributed by atoms with Gasteiger partial charge in [-0.2, -0.15) is 0 Å². The number of carbonyl (C=O) groups excluding carboxylic acids is 2. The molecule has 0 amide bonds. The van der Waals surface area contributed by atoms with Gasteiger partial charge in [-0.25, -0.2) is 18.4 Å². The Hall–Kier alpha value is -4.58. The number of ether oxygens (including phenoxy) is 2. The van der Waals surface area contributed by atoms with Crippen molar-refractivity contribution in [1.29, 1.82) is 0 Å². The van der Waals surface area contributed by atoms with E-state index in [9.17, 15) is 18.4 Å². The van der Waals surface area contributed by atoms with Gasteiger partial charge in [0.15, 0.2) is 11.6 Å². The number of halogens is 2. The topological polar surface area (TPSA) is 52.6 Å². The fourth-order valence-corrected chi connectivity index (χ4v) is 2.99. The molecule has 0 heterocycles. The molecule has 0 aliphatic rings. The second kappa shape index (κ2) is 11.7. The molecule has 36 heavy (non-hydrogen) atoms. The van der Waals surface area contributed by atoms with Crippen LogP contribution >= 0.6 is 0 Å². The minimum Gasteiger partial charge on any atom is -0.423 e. The summed E-state index contributed by atoms with van der Waals surface area (Å²) in [7, 11) is 0. The summed E-state index contributed by atoms with van der Waals surface area (Å²) in [6.45, 7) is 10.2. The van der Waals surface area contributed by atoms with Gasteiger partial charge in [0.25, 0.3) is 0 Å². The molecule has 0 radical (unpaired) electrons. The van der Waals surface area contributed by atoms with Gasteiger partial charge in [-0.15, -0.1) is 0 Å². The van der Waals surface area contributed by atoms with Gasteiger partial charge in [0.2, 0.25) is 0 Å². The molecule has 0 aliphatic heterocycles. The maximum Gasteiger partial charge on any atom is 0.338 e. The first kappa shape index (κ1) is 26.0. The van der Waals surface area contributed by atoms with Crippen LogP contribution in [0.1, 0.15) is 36.1 Å².